The maximum Gasteiger partial charge on any atom is -0.0544 e. The topological polar surface area (TPSA) is 9.86 Å². The summed E-state index contributed by atoms with van der Waals surface area (Å²) in [5.74, 6) is 0.746. The summed E-state index contributed by atoms with van der Waals surface area (Å²) >= 11 is 0.252. The van der Waals surface area contributed by atoms with E-state index in [1.165, 1.54) is 172 Å². The van der Waals surface area contributed by atoms with E-state index in [-0.39, 0.29) is 15.0 Å². The van der Waals surface area contributed by atoms with Crippen molar-refractivity contribution < 1.29 is 0 Å². The number of hydrogen-bond acceptors (Lipinski definition) is 0. The molecule has 2 nitrogen and oxygen atoms in total. The van der Waals surface area contributed by atoms with Crippen molar-refractivity contribution in [2.75, 3.05) is 0 Å². The molecule has 1 aliphatic heterocycles. The Morgan fingerprint density at radius 3 is 1.00 bits per heavy atom. The van der Waals surface area contributed by atoms with Crippen LogP contribution in [-0.2, 0) is 0 Å². The van der Waals surface area contributed by atoms with Gasteiger partial charge in [-0.3, -0.25) is 0 Å². The van der Waals surface area contributed by atoms with Gasteiger partial charge in [-0.1, -0.05) is 121 Å². The minimum atomic E-state index is 0.252. The van der Waals surface area contributed by atoms with Gasteiger partial charge in [-0.2, -0.15) is 0 Å². The molecule has 1 fully saturated rings. The van der Waals surface area contributed by atoms with Gasteiger partial charge in [0.2, 0.25) is 0 Å². The Balaban J connectivity index is 0.791. The molecule has 2 aliphatic rings. The zero-order valence-electron chi connectivity index (χ0n) is 50.1. The average Bonchev–Trinajstić information content (AvgIpc) is 1.67. The summed E-state index contributed by atoms with van der Waals surface area (Å²) in [7, 11) is 0. The zero-order chi connectivity index (χ0) is 59.7. The number of aromatic nitrogens is 2. The Bertz CT molecular complexity index is 5480. The van der Waals surface area contributed by atoms with Crippen LogP contribution < -0.4 is 4.46 Å². The fourth-order valence-electron chi connectivity index (χ4n) is 16.5. The van der Waals surface area contributed by atoms with E-state index >= 15 is 0 Å². The van der Waals surface area contributed by atoms with Crippen molar-refractivity contribution in [3.05, 3.63) is 321 Å². The molecule has 2 aromatic heterocycles. The van der Waals surface area contributed by atoms with E-state index in [2.05, 4.69) is 319 Å². The van der Waals surface area contributed by atoms with Crippen molar-refractivity contribution >= 4 is 106 Å². The quantitative estimate of drug-likeness (QED) is 0.106. The first-order valence-electron chi connectivity index (χ1n) is 32.2. The summed E-state index contributed by atoms with van der Waals surface area (Å²) in [6.07, 6.45) is 3.64. The molecule has 15 aromatic carbocycles. The monoisotopic (exact) mass is 1220 g/mol. The first-order valence-corrected chi connectivity index (χ1v) is 34.1. The van der Waals surface area contributed by atoms with Gasteiger partial charge in [0.25, 0.3) is 0 Å². The van der Waals surface area contributed by atoms with Crippen LogP contribution in [0.5, 0.6) is 0 Å². The second kappa shape index (κ2) is 21.0. The van der Waals surface area contributed by atoms with Crippen LogP contribution in [0.2, 0.25) is 4.82 Å². The van der Waals surface area contributed by atoms with E-state index < -0.39 is 0 Å². The van der Waals surface area contributed by atoms with Crippen LogP contribution in [0.25, 0.3) is 154 Å². The minimum Gasteiger partial charge on any atom is -0.0617 e. The van der Waals surface area contributed by atoms with Crippen molar-refractivity contribution in [3.8, 4) is 67.0 Å². The summed E-state index contributed by atoms with van der Waals surface area (Å²) in [5.41, 5.74) is 23.0. The number of benzene rings is 15. The molecular weight excluding hydrogens is 1160 g/mol. The van der Waals surface area contributed by atoms with Gasteiger partial charge >= 0.3 is 406 Å². The van der Waals surface area contributed by atoms with Crippen LogP contribution in [0, 0.1) is 0 Å². The molecule has 428 valence electrons. The molecule has 1 aliphatic carbocycles. The smallest absolute Gasteiger partial charge is 0.0544 e. The molecule has 3 atom stereocenters. The maximum absolute atomic E-state index is 2.61. The zero-order valence-corrected chi connectivity index (χ0v) is 51.8. The second-order valence-corrected chi connectivity index (χ2v) is 27.8. The molecule has 17 aromatic rings. The van der Waals surface area contributed by atoms with Crippen LogP contribution in [-0.4, -0.2) is 24.1 Å². The van der Waals surface area contributed by atoms with Crippen molar-refractivity contribution in [2.24, 2.45) is 0 Å². The molecule has 3 heteroatoms. The van der Waals surface area contributed by atoms with Gasteiger partial charge < -0.3 is 0 Å². The SMILES string of the molecule is c1ccc(-c2ccc3c(c2)c2cc(-c4ccccc4)ccc2n3-c2c3ccccc3c(-c3cccc4c3[Se]C3CCCC(c5c6ccccc6c(-n6c7ccc(-c8ccccc8)cc7c7cc(-c8ccccc8)ccc76)c6ccccc56)C43)c3ccccc23)cc1. The second-order valence-electron chi connectivity index (χ2n) is 25.2. The van der Waals surface area contributed by atoms with Crippen LogP contribution in [0.15, 0.2) is 309 Å². The fourth-order valence-corrected chi connectivity index (χ4v) is 20.1. The van der Waals surface area contributed by atoms with E-state index in [4.69, 9.17) is 0 Å². The molecule has 0 bridgehead atoms. The predicted molar refractivity (Wildman–Crippen MR) is 387 cm³/mol. The van der Waals surface area contributed by atoms with Crippen molar-refractivity contribution in [1.82, 2.24) is 9.13 Å². The van der Waals surface area contributed by atoms with Gasteiger partial charge in [-0.25, -0.2) is 0 Å². The summed E-state index contributed by atoms with van der Waals surface area (Å²) in [5, 5.41) is 15.5. The standard InChI is InChI=1S/C88H60N2Se/c1-5-23-55(24-6-1)59-43-47-78-74(51-59)75-52-60(56-25-7-2-8-26-56)44-48-79(75)89(78)86-67-35-17-13-31-63(67)83(64-32-14-18-36-68(64)86)71-39-22-42-82-85(71)73-41-21-40-72(88(73)91-82)84-65-33-15-19-37-69(65)87(70-38-20-16-34-66(70)84)90-80-49-45-61(57-27-9-3-10-28-57)53-76(80)77-54-62(46-50-81(77)90)58-29-11-4-12-30-58/h1-21,23-38,40-41,43-54,71,82,85H,22,39,42H2. The molecular formula is C88H60N2Se. The van der Waals surface area contributed by atoms with Gasteiger partial charge in [-0.15, -0.1) is 0 Å². The Morgan fingerprint density at radius 1 is 0.275 bits per heavy atom. The van der Waals surface area contributed by atoms with Crippen molar-refractivity contribution in [1.29, 1.82) is 0 Å². The van der Waals surface area contributed by atoms with Crippen LogP contribution >= 0.6 is 0 Å². The molecule has 0 spiro atoms. The Labute approximate surface area is 535 Å². The first-order chi connectivity index (χ1) is 45.2. The van der Waals surface area contributed by atoms with E-state index in [0.29, 0.717) is 16.7 Å². The normalized spacial score (nSPS) is 15.6. The third-order valence-corrected chi connectivity index (χ3v) is 23.6. The third-order valence-electron chi connectivity index (χ3n) is 20.4. The minimum absolute atomic E-state index is 0.252. The molecule has 0 saturated heterocycles. The number of fused-ring (bicyclic) bond motifs is 13. The molecule has 0 amide bonds. The maximum atomic E-state index is 2.61. The predicted octanol–water partition coefficient (Wildman–Crippen LogP) is 23.0. The summed E-state index contributed by atoms with van der Waals surface area (Å²) in [6, 6.07) is 117. The molecule has 91 heavy (non-hydrogen) atoms. The third kappa shape index (κ3) is 8.18. The number of rotatable bonds is 8. The van der Waals surface area contributed by atoms with Crippen LogP contribution in [0.1, 0.15) is 42.2 Å². The molecule has 0 radical (unpaired) electrons. The molecule has 1 saturated carbocycles. The van der Waals surface area contributed by atoms with E-state index in [1.54, 1.807) is 10.0 Å². The van der Waals surface area contributed by atoms with E-state index in [1.807, 2.05) is 0 Å². The summed E-state index contributed by atoms with van der Waals surface area (Å²) in [4.78, 5) is 0.588. The Kier molecular flexibility index (Phi) is 12.1. The first kappa shape index (κ1) is 52.4. The number of nitrogens with zero attached hydrogens (tertiary/aromatic N) is 2. The summed E-state index contributed by atoms with van der Waals surface area (Å²) in [6.45, 7) is 0. The van der Waals surface area contributed by atoms with Crippen LogP contribution in [0.3, 0.4) is 0 Å². The van der Waals surface area contributed by atoms with Crippen molar-refractivity contribution in [3.63, 3.8) is 0 Å². The van der Waals surface area contributed by atoms with E-state index in [9.17, 15) is 0 Å². The van der Waals surface area contributed by atoms with Gasteiger partial charge in [0.1, 0.15) is 0 Å². The van der Waals surface area contributed by atoms with Gasteiger partial charge in [0, 0.05) is 0 Å². The van der Waals surface area contributed by atoms with Crippen LogP contribution in [0.4, 0.5) is 0 Å². The van der Waals surface area contributed by atoms with Gasteiger partial charge in [0.15, 0.2) is 0 Å². The molecule has 3 heterocycles. The average molecular weight is 1220 g/mol. The number of hydrogen-bond donors (Lipinski definition) is 0. The Hall–Kier alpha value is -10.5. The van der Waals surface area contributed by atoms with Gasteiger partial charge in [-0.05, 0) is 11.1 Å². The molecule has 0 N–H and O–H groups in total. The Morgan fingerprint density at radius 2 is 0.615 bits per heavy atom. The van der Waals surface area contributed by atoms with Crippen molar-refractivity contribution in [2.45, 2.75) is 35.9 Å². The molecule has 19 rings (SSSR count). The summed E-state index contributed by atoms with van der Waals surface area (Å²) < 4.78 is 6.79. The molecule has 3 unspecified atom stereocenters. The largest absolute Gasteiger partial charge is 0.0617 e. The van der Waals surface area contributed by atoms with E-state index in [0.717, 1.165) is 6.42 Å². The fraction of sp³-hybridized carbons (Fsp3) is 0.0682. The van der Waals surface area contributed by atoms with Gasteiger partial charge in [0.05, 0.1) is 0 Å².